The summed E-state index contributed by atoms with van der Waals surface area (Å²) in [6.45, 7) is 1.96. The molecule has 0 radical (unpaired) electrons. The molecule has 0 bridgehead atoms. The molecule has 1 saturated heterocycles. The van der Waals surface area contributed by atoms with Crippen LogP contribution in [0.1, 0.15) is 36.1 Å². The number of aliphatic hydroxyl groups is 1. The molecule has 1 aliphatic rings. The van der Waals surface area contributed by atoms with E-state index in [2.05, 4.69) is 4.90 Å². The third-order valence-electron chi connectivity index (χ3n) is 4.75. The molecule has 0 saturated carbocycles. The maximum atomic E-state index is 11.2. The van der Waals surface area contributed by atoms with Gasteiger partial charge in [-0.2, -0.15) is 0 Å². The lowest BCUT2D eigenvalue weighted by Crippen LogP contribution is -2.31. The topological polar surface area (TPSA) is 41.9 Å². The van der Waals surface area contributed by atoms with Gasteiger partial charge in [0.25, 0.3) is 0 Å². The maximum absolute atomic E-state index is 11.2. The van der Waals surface area contributed by atoms with Crippen LogP contribution in [0.25, 0.3) is 0 Å². The molecule has 1 heterocycles. The fourth-order valence-electron chi connectivity index (χ4n) is 3.58. The van der Waals surface area contributed by atoms with Gasteiger partial charge in [-0.05, 0) is 38.1 Å². The highest BCUT2D eigenvalue weighted by Crippen LogP contribution is 2.42. The highest BCUT2D eigenvalue weighted by molar-refractivity contribution is 5.41. The van der Waals surface area contributed by atoms with Gasteiger partial charge in [0.2, 0.25) is 0 Å². The van der Waals surface area contributed by atoms with Gasteiger partial charge >= 0.3 is 0 Å². The van der Waals surface area contributed by atoms with Crippen molar-refractivity contribution in [1.29, 1.82) is 0 Å². The van der Waals surface area contributed by atoms with Gasteiger partial charge < -0.3 is 14.6 Å². The van der Waals surface area contributed by atoms with Crippen LogP contribution in [-0.2, 0) is 0 Å². The molecule has 2 atom stereocenters. The van der Waals surface area contributed by atoms with Crippen molar-refractivity contribution >= 4 is 0 Å². The van der Waals surface area contributed by atoms with Crippen molar-refractivity contribution in [2.45, 2.75) is 25.0 Å². The van der Waals surface area contributed by atoms with Gasteiger partial charge in [-0.3, -0.25) is 4.90 Å². The maximum Gasteiger partial charge on any atom is 0.124 e. The smallest absolute Gasteiger partial charge is 0.124 e. The zero-order chi connectivity index (χ0) is 16.9. The molecule has 2 aromatic carbocycles. The van der Waals surface area contributed by atoms with Crippen LogP contribution in [0, 0.1) is 0 Å². The van der Waals surface area contributed by atoms with Crippen LogP contribution in [0.15, 0.2) is 48.5 Å². The van der Waals surface area contributed by atoms with Gasteiger partial charge in [0, 0.05) is 11.1 Å². The molecule has 4 nitrogen and oxygen atoms in total. The van der Waals surface area contributed by atoms with Gasteiger partial charge in [-0.25, -0.2) is 0 Å². The molecule has 1 aliphatic heterocycles. The fraction of sp³-hybridized carbons (Fsp3) is 0.400. The molecule has 2 unspecified atom stereocenters. The number of hydrogen-bond donors (Lipinski definition) is 1. The Labute approximate surface area is 143 Å². The van der Waals surface area contributed by atoms with Crippen LogP contribution in [0.4, 0.5) is 0 Å². The van der Waals surface area contributed by atoms with E-state index in [0.717, 1.165) is 42.8 Å². The van der Waals surface area contributed by atoms with Gasteiger partial charge in [0.1, 0.15) is 17.6 Å². The number of rotatable bonds is 6. The molecule has 0 aromatic heterocycles. The summed E-state index contributed by atoms with van der Waals surface area (Å²) < 4.78 is 11.0. The summed E-state index contributed by atoms with van der Waals surface area (Å²) in [5.41, 5.74) is 1.82. The number of methoxy groups -OCH3 is 2. The molecular formula is C20H25NO3. The second kappa shape index (κ2) is 7.69. The minimum atomic E-state index is -0.685. The molecule has 3 rings (SSSR count). The van der Waals surface area contributed by atoms with E-state index >= 15 is 0 Å². The summed E-state index contributed by atoms with van der Waals surface area (Å²) in [7, 11) is 3.31. The largest absolute Gasteiger partial charge is 0.496 e. The van der Waals surface area contributed by atoms with Crippen LogP contribution >= 0.6 is 0 Å². The van der Waals surface area contributed by atoms with E-state index < -0.39 is 6.10 Å². The number of likely N-dealkylation sites (tertiary alicyclic amines) is 1. The van der Waals surface area contributed by atoms with Gasteiger partial charge in [0.05, 0.1) is 20.3 Å². The van der Waals surface area contributed by atoms with Gasteiger partial charge in [-0.15, -0.1) is 0 Å². The summed E-state index contributed by atoms with van der Waals surface area (Å²) in [5.74, 6) is 1.52. The molecule has 0 amide bonds. The van der Waals surface area contributed by atoms with E-state index in [1.165, 1.54) is 0 Å². The van der Waals surface area contributed by atoms with E-state index in [1.807, 2.05) is 48.5 Å². The molecule has 4 heteroatoms. The molecule has 0 spiro atoms. The summed E-state index contributed by atoms with van der Waals surface area (Å²) in [6.07, 6.45) is 1.63. The number of hydrogen-bond acceptors (Lipinski definition) is 4. The summed E-state index contributed by atoms with van der Waals surface area (Å²) in [5, 5.41) is 11.2. The van der Waals surface area contributed by atoms with Crippen LogP contribution in [-0.4, -0.2) is 37.3 Å². The SMILES string of the molecule is COc1ccccc1C(O)C(c1ccccc1OC)N1CCCC1. The van der Waals surface area contributed by atoms with Gasteiger partial charge in [-0.1, -0.05) is 36.4 Å². The van der Waals surface area contributed by atoms with E-state index in [1.54, 1.807) is 14.2 Å². The van der Waals surface area contributed by atoms with Crippen molar-refractivity contribution in [2.24, 2.45) is 0 Å². The third-order valence-corrected chi connectivity index (χ3v) is 4.75. The van der Waals surface area contributed by atoms with E-state index in [0.29, 0.717) is 5.75 Å². The van der Waals surface area contributed by atoms with Crippen molar-refractivity contribution in [3.05, 3.63) is 59.7 Å². The first-order valence-corrected chi connectivity index (χ1v) is 8.44. The highest BCUT2D eigenvalue weighted by Gasteiger charge is 2.33. The Morgan fingerprint density at radius 3 is 1.92 bits per heavy atom. The number of ether oxygens (including phenoxy) is 2. The minimum Gasteiger partial charge on any atom is -0.496 e. The first kappa shape index (κ1) is 16.8. The summed E-state index contributed by atoms with van der Waals surface area (Å²) in [6, 6.07) is 15.5. The number of benzene rings is 2. The third kappa shape index (κ3) is 3.25. The standard InChI is InChI=1S/C20H25NO3/c1-23-17-11-5-3-9-15(17)19(21-13-7-8-14-21)20(22)16-10-4-6-12-18(16)24-2/h3-6,9-12,19-20,22H,7-8,13-14H2,1-2H3. The number of para-hydroxylation sites is 2. The molecule has 24 heavy (non-hydrogen) atoms. The summed E-state index contributed by atoms with van der Waals surface area (Å²) in [4.78, 5) is 2.34. The first-order chi connectivity index (χ1) is 11.8. The quantitative estimate of drug-likeness (QED) is 0.881. The molecule has 0 aliphatic carbocycles. The second-order valence-corrected chi connectivity index (χ2v) is 6.12. The van der Waals surface area contributed by atoms with Crippen molar-refractivity contribution < 1.29 is 14.6 Å². The molecule has 2 aromatic rings. The Bertz CT molecular complexity index is 667. The average molecular weight is 327 g/mol. The summed E-state index contributed by atoms with van der Waals surface area (Å²) >= 11 is 0. The Morgan fingerprint density at radius 2 is 1.33 bits per heavy atom. The second-order valence-electron chi connectivity index (χ2n) is 6.12. The van der Waals surface area contributed by atoms with E-state index in [9.17, 15) is 5.11 Å². The lowest BCUT2D eigenvalue weighted by Gasteiger charge is -2.33. The first-order valence-electron chi connectivity index (χ1n) is 8.44. The number of aliphatic hydroxyl groups excluding tert-OH is 1. The number of nitrogens with zero attached hydrogens (tertiary/aromatic N) is 1. The lowest BCUT2D eigenvalue weighted by molar-refractivity contribution is 0.0575. The Kier molecular flexibility index (Phi) is 5.38. The zero-order valence-electron chi connectivity index (χ0n) is 14.3. The monoisotopic (exact) mass is 327 g/mol. The Hall–Kier alpha value is -2.04. The average Bonchev–Trinajstić information content (AvgIpc) is 3.16. The van der Waals surface area contributed by atoms with Crippen molar-refractivity contribution in [3.63, 3.8) is 0 Å². The predicted molar refractivity (Wildman–Crippen MR) is 94.5 cm³/mol. The molecule has 1 N–H and O–H groups in total. The Morgan fingerprint density at radius 1 is 0.833 bits per heavy atom. The van der Waals surface area contributed by atoms with E-state index in [4.69, 9.17) is 9.47 Å². The van der Waals surface area contributed by atoms with Crippen molar-refractivity contribution in [2.75, 3.05) is 27.3 Å². The van der Waals surface area contributed by atoms with Gasteiger partial charge in [0.15, 0.2) is 0 Å². The van der Waals surface area contributed by atoms with E-state index in [-0.39, 0.29) is 6.04 Å². The minimum absolute atomic E-state index is 0.153. The molecule has 128 valence electrons. The van der Waals surface area contributed by atoms with Crippen LogP contribution < -0.4 is 9.47 Å². The predicted octanol–water partition coefficient (Wildman–Crippen LogP) is 3.57. The van der Waals surface area contributed by atoms with Crippen LogP contribution in [0.5, 0.6) is 11.5 Å². The zero-order valence-corrected chi connectivity index (χ0v) is 14.3. The molecule has 1 fully saturated rings. The normalized spacial score (nSPS) is 17.5. The molecular weight excluding hydrogens is 302 g/mol. The van der Waals surface area contributed by atoms with Crippen LogP contribution in [0.2, 0.25) is 0 Å². The highest BCUT2D eigenvalue weighted by atomic mass is 16.5. The van der Waals surface area contributed by atoms with Crippen molar-refractivity contribution in [1.82, 2.24) is 4.90 Å². The van der Waals surface area contributed by atoms with Crippen molar-refractivity contribution in [3.8, 4) is 11.5 Å². The Balaban J connectivity index is 2.04. The fourth-order valence-corrected chi connectivity index (χ4v) is 3.58. The lowest BCUT2D eigenvalue weighted by atomic mass is 9.93. The van der Waals surface area contributed by atoms with Crippen LogP contribution in [0.3, 0.4) is 0 Å².